The largest absolute Gasteiger partial charge is 0.480 e. The fourth-order valence-corrected chi connectivity index (χ4v) is 3.90. The number of aliphatic carboxylic acids is 1. The molecule has 0 aliphatic carbocycles. The quantitative estimate of drug-likeness (QED) is 0.142. The van der Waals surface area contributed by atoms with Crippen LogP contribution in [0.5, 0.6) is 5.75 Å². The Morgan fingerprint density at radius 1 is 1.09 bits per heavy atom. The number of ether oxygens (including phenoxy) is 1. The van der Waals surface area contributed by atoms with Crippen molar-refractivity contribution < 1.29 is 24.2 Å². The van der Waals surface area contributed by atoms with E-state index < -0.39 is 11.9 Å². The number of carbonyl (C=O) groups is 3. The highest BCUT2D eigenvalue weighted by molar-refractivity contribution is 5.99. The second-order valence-corrected chi connectivity index (χ2v) is 8.55. The van der Waals surface area contributed by atoms with Gasteiger partial charge in [-0.2, -0.15) is 0 Å². The number of carboxylic acids is 1. The molecular formula is C26H30N4O5. The maximum Gasteiger partial charge on any atom is 0.343 e. The molecule has 1 saturated heterocycles. The minimum absolute atomic E-state index is 0.0716. The van der Waals surface area contributed by atoms with Gasteiger partial charge in [-0.1, -0.05) is 12.1 Å². The molecule has 1 aliphatic rings. The lowest BCUT2D eigenvalue weighted by molar-refractivity contribution is -0.143. The van der Waals surface area contributed by atoms with Gasteiger partial charge in [0, 0.05) is 17.7 Å². The number of nitrogens with one attached hydrogen (secondary N) is 2. The average molecular weight is 479 g/mol. The van der Waals surface area contributed by atoms with E-state index in [-0.39, 0.29) is 24.2 Å². The van der Waals surface area contributed by atoms with Crippen LogP contribution in [0.2, 0.25) is 0 Å². The SMILES string of the molecule is CC(=Cc1ccc(C(=O)Oc2ccc(C(=N)N)cc2)cc1)C(=O)N(CC(=O)O)CC1CCNCC1. The number of amidine groups is 1. The molecule has 1 fully saturated rings. The minimum atomic E-state index is -1.04. The third-order valence-electron chi connectivity index (χ3n) is 5.79. The Labute approximate surface area is 204 Å². The molecule has 0 aromatic heterocycles. The van der Waals surface area contributed by atoms with Crippen molar-refractivity contribution in [1.29, 1.82) is 5.41 Å². The summed E-state index contributed by atoms with van der Waals surface area (Å²) in [6, 6.07) is 12.9. The second-order valence-electron chi connectivity index (χ2n) is 8.55. The van der Waals surface area contributed by atoms with Crippen molar-refractivity contribution in [2.45, 2.75) is 19.8 Å². The first kappa shape index (κ1) is 25.6. The molecule has 3 rings (SSSR count). The fourth-order valence-electron chi connectivity index (χ4n) is 3.90. The number of hydrogen-bond donors (Lipinski definition) is 4. The third kappa shape index (κ3) is 7.51. The number of nitrogen functional groups attached to an aromatic ring is 1. The first-order valence-corrected chi connectivity index (χ1v) is 11.4. The number of piperidine rings is 1. The van der Waals surface area contributed by atoms with E-state index in [0.717, 1.165) is 25.9 Å². The van der Waals surface area contributed by atoms with Crippen LogP contribution < -0.4 is 15.8 Å². The number of amides is 1. The predicted molar refractivity (Wildman–Crippen MR) is 132 cm³/mol. The van der Waals surface area contributed by atoms with Gasteiger partial charge < -0.3 is 25.8 Å². The van der Waals surface area contributed by atoms with Gasteiger partial charge in [0.25, 0.3) is 0 Å². The lowest BCUT2D eigenvalue weighted by Gasteiger charge is -2.29. The molecule has 0 bridgehead atoms. The van der Waals surface area contributed by atoms with Gasteiger partial charge in [0.05, 0.1) is 5.56 Å². The van der Waals surface area contributed by atoms with Gasteiger partial charge in [0.15, 0.2) is 0 Å². The highest BCUT2D eigenvalue weighted by Gasteiger charge is 2.23. The van der Waals surface area contributed by atoms with Crippen LogP contribution in [0, 0.1) is 11.3 Å². The van der Waals surface area contributed by atoms with E-state index in [9.17, 15) is 19.5 Å². The van der Waals surface area contributed by atoms with E-state index in [1.54, 1.807) is 61.5 Å². The Hall–Kier alpha value is -3.98. The van der Waals surface area contributed by atoms with E-state index in [0.29, 0.717) is 34.6 Å². The predicted octanol–water partition coefficient (Wildman–Crippen LogP) is 2.51. The lowest BCUT2D eigenvalue weighted by Crippen LogP contribution is -2.42. The van der Waals surface area contributed by atoms with Crippen molar-refractivity contribution in [1.82, 2.24) is 10.2 Å². The molecule has 5 N–H and O–H groups in total. The van der Waals surface area contributed by atoms with E-state index >= 15 is 0 Å². The Morgan fingerprint density at radius 3 is 2.26 bits per heavy atom. The Balaban J connectivity index is 1.65. The summed E-state index contributed by atoms with van der Waals surface area (Å²) < 4.78 is 5.35. The maximum absolute atomic E-state index is 13.0. The van der Waals surface area contributed by atoms with Crippen molar-refractivity contribution in [2.75, 3.05) is 26.2 Å². The zero-order valence-corrected chi connectivity index (χ0v) is 19.6. The van der Waals surface area contributed by atoms with Crippen molar-refractivity contribution >= 4 is 29.8 Å². The first-order chi connectivity index (χ1) is 16.7. The molecule has 1 heterocycles. The van der Waals surface area contributed by atoms with Crippen LogP contribution in [-0.4, -0.2) is 59.9 Å². The summed E-state index contributed by atoms with van der Waals surface area (Å²) in [4.78, 5) is 38.1. The molecule has 0 saturated carbocycles. The van der Waals surface area contributed by atoms with Gasteiger partial charge >= 0.3 is 11.9 Å². The number of esters is 1. The molecule has 2 aromatic rings. The summed E-state index contributed by atoms with van der Waals surface area (Å²) in [6.45, 7) is 3.47. The van der Waals surface area contributed by atoms with Crippen LogP contribution in [0.15, 0.2) is 54.1 Å². The minimum Gasteiger partial charge on any atom is -0.480 e. The summed E-state index contributed by atoms with van der Waals surface area (Å²) >= 11 is 0. The second kappa shape index (κ2) is 11.9. The zero-order chi connectivity index (χ0) is 25.4. The summed E-state index contributed by atoms with van der Waals surface area (Å²) in [5.74, 6) is -1.37. The lowest BCUT2D eigenvalue weighted by atomic mass is 9.97. The maximum atomic E-state index is 13.0. The number of carbonyl (C=O) groups excluding carboxylic acids is 2. The highest BCUT2D eigenvalue weighted by atomic mass is 16.5. The molecule has 184 valence electrons. The topological polar surface area (TPSA) is 146 Å². The summed E-state index contributed by atoms with van der Waals surface area (Å²) in [6.07, 6.45) is 3.49. The van der Waals surface area contributed by atoms with Crippen LogP contribution in [0.3, 0.4) is 0 Å². The van der Waals surface area contributed by atoms with Crippen LogP contribution in [0.4, 0.5) is 0 Å². The normalized spacial score (nSPS) is 14.3. The zero-order valence-electron chi connectivity index (χ0n) is 19.6. The number of hydrogen-bond acceptors (Lipinski definition) is 6. The molecule has 2 aromatic carbocycles. The van der Waals surface area contributed by atoms with Crippen LogP contribution in [0.1, 0.15) is 41.3 Å². The molecule has 1 aliphatic heterocycles. The van der Waals surface area contributed by atoms with Crippen LogP contribution in [-0.2, 0) is 9.59 Å². The summed E-state index contributed by atoms with van der Waals surface area (Å²) in [5, 5.41) is 19.9. The molecule has 0 radical (unpaired) electrons. The van der Waals surface area contributed by atoms with Crippen LogP contribution in [0.25, 0.3) is 6.08 Å². The number of benzene rings is 2. The van der Waals surface area contributed by atoms with E-state index in [1.807, 2.05) is 0 Å². The van der Waals surface area contributed by atoms with Gasteiger partial charge in [-0.05, 0) is 86.8 Å². The number of carboxylic acid groups (broad SMARTS) is 1. The first-order valence-electron chi connectivity index (χ1n) is 11.4. The Bertz CT molecular complexity index is 1100. The number of nitrogens with zero attached hydrogens (tertiary/aromatic N) is 1. The highest BCUT2D eigenvalue weighted by Crippen LogP contribution is 2.18. The van der Waals surface area contributed by atoms with Gasteiger partial charge in [-0.3, -0.25) is 15.0 Å². The molecule has 0 unspecified atom stereocenters. The molecule has 0 spiro atoms. The number of rotatable bonds is 9. The number of nitrogens with two attached hydrogens (primary N) is 1. The molecule has 0 atom stereocenters. The van der Waals surface area contributed by atoms with Crippen molar-refractivity contribution in [3.63, 3.8) is 0 Å². The van der Waals surface area contributed by atoms with Gasteiger partial charge in [0.2, 0.25) is 5.91 Å². The molecule has 1 amide bonds. The smallest absolute Gasteiger partial charge is 0.343 e. The summed E-state index contributed by atoms with van der Waals surface area (Å²) in [7, 11) is 0. The van der Waals surface area contributed by atoms with E-state index in [2.05, 4.69) is 5.32 Å². The van der Waals surface area contributed by atoms with E-state index in [4.69, 9.17) is 15.9 Å². The standard InChI is InChI=1S/C26H30N4O5/c1-17(25(33)30(16-23(31)32)15-19-10-12-29-13-11-19)14-18-2-4-21(5-3-18)26(34)35-22-8-6-20(7-9-22)24(27)28/h2-9,14,19,29H,10-13,15-16H2,1H3,(H3,27,28)(H,31,32). The van der Waals surface area contributed by atoms with Crippen molar-refractivity contribution in [3.8, 4) is 5.75 Å². The Morgan fingerprint density at radius 2 is 1.69 bits per heavy atom. The van der Waals surface area contributed by atoms with Crippen molar-refractivity contribution in [2.24, 2.45) is 11.7 Å². The third-order valence-corrected chi connectivity index (χ3v) is 5.79. The van der Waals surface area contributed by atoms with E-state index in [1.165, 1.54) is 4.90 Å². The monoisotopic (exact) mass is 478 g/mol. The average Bonchev–Trinajstić information content (AvgIpc) is 2.84. The molecular weight excluding hydrogens is 448 g/mol. The molecule has 9 heteroatoms. The van der Waals surface area contributed by atoms with Crippen LogP contribution >= 0.6 is 0 Å². The fraction of sp³-hybridized carbons (Fsp3) is 0.308. The summed E-state index contributed by atoms with van der Waals surface area (Å²) in [5.41, 5.74) is 7.41. The van der Waals surface area contributed by atoms with Gasteiger partial charge in [-0.15, -0.1) is 0 Å². The van der Waals surface area contributed by atoms with Gasteiger partial charge in [-0.25, -0.2) is 4.79 Å². The van der Waals surface area contributed by atoms with Gasteiger partial charge in [0.1, 0.15) is 18.1 Å². The van der Waals surface area contributed by atoms with Crippen molar-refractivity contribution in [3.05, 3.63) is 70.8 Å². The Kier molecular flexibility index (Phi) is 8.74. The molecule has 9 nitrogen and oxygen atoms in total. The molecule has 35 heavy (non-hydrogen) atoms.